The molecule has 0 saturated heterocycles. The monoisotopic (exact) mass is 226 g/mol. The van der Waals surface area contributed by atoms with Crippen LogP contribution in [-0.4, -0.2) is 29.7 Å². The van der Waals surface area contributed by atoms with Crippen LogP contribution < -0.4 is 10.6 Å². The minimum atomic E-state index is -1.04. The predicted octanol–water partition coefficient (Wildman–Crippen LogP) is 1.11. The predicted molar refractivity (Wildman–Crippen MR) is 60.1 cm³/mol. The first kappa shape index (κ1) is 12.5. The molecule has 1 atom stereocenters. The third kappa shape index (κ3) is 3.92. The zero-order valence-corrected chi connectivity index (χ0v) is 9.24. The van der Waals surface area contributed by atoms with Gasteiger partial charge in [-0.25, -0.2) is 9.59 Å². The normalized spacial score (nSPS) is 17.0. The summed E-state index contributed by atoms with van der Waals surface area (Å²) in [5, 5.41) is 13.9. The molecule has 1 rings (SSSR count). The van der Waals surface area contributed by atoms with Crippen molar-refractivity contribution in [2.45, 2.75) is 31.7 Å². The summed E-state index contributed by atoms with van der Waals surface area (Å²) >= 11 is 0. The van der Waals surface area contributed by atoms with E-state index in [1.165, 1.54) is 12.5 Å². The molecule has 0 heterocycles. The number of carbonyl (C=O) groups is 2. The Bertz CT molecular complexity index is 274. The number of urea groups is 1. The van der Waals surface area contributed by atoms with Crippen LogP contribution in [-0.2, 0) is 4.79 Å². The second kappa shape index (κ2) is 6.15. The van der Waals surface area contributed by atoms with Crippen LogP contribution in [0.5, 0.6) is 0 Å². The molecule has 1 aliphatic carbocycles. The summed E-state index contributed by atoms with van der Waals surface area (Å²) in [6.45, 7) is 4.08. The lowest BCUT2D eigenvalue weighted by atomic mass is 9.85. The average Bonchev–Trinajstić information content (AvgIpc) is 2.14. The number of amides is 2. The summed E-state index contributed by atoms with van der Waals surface area (Å²) in [7, 11) is 0. The van der Waals surface area contributed by atoms with Gasteiger partial charge in [-0.1, -0.05) is 12.5 Å². The topological polar surface area (TPSA) is 78.4 Å². The Morgan fingerprint density at radius 3 is 2.62 bits per heavy atom. The Hall–Kier alpha value is -1.52. The van der Waals surface area contributed by atoms with Crippen LogP contribution >= 0.6 is 0 Å². The van der Waals surface area contributed by atoms with Crippen molar-refractivity contribution in [2.24, 2.45) is 5.92 Å². The van der Waals surface area contributed by atoms with Crippen LogP contribution in [0.3, 0.4) is 0 Å². The van der Waals surface area contributed by atoms with E-state index in [1.54, 1.807) is 0 Å². The molecule has 3 N–H and O–H groups in total. The molecule has 5 nitrogen and oxygen atoms in total. The maximum Gasteiger partial charge on any atom is 0.326 e. The van der Waals surface area contributed by atoms with Crippen molar-refractivity contribution >= 4 is 12.0 Å². The lowest BCUT2D eigenvalue weighted by molar-refractivity contribution is -0.139. The smallest absolute Gasteiger partial charge is 0.326 e. The van der Waals surface area contributed by atoms with Gasteiger partial charge in [0.15, 0.2) is 0 Å². The van der Waals surface area contributed by atoms with E-state index in [9.17, 15) is 9.59 Å². The highest BCUT2D eigenvalue weighted by Gasteiger charge is 2.20. The second-order valence-corrected chi connectivity index (χ2v) is 4.07. The first-order valence-electron chi connectivity index (χ1n) is 5.51. The van der Waals surface area contributed by atoms with Crippen LogP contribution in [0.2, 0.25) is 0 Å². The Morgan fingerprint density at radius 2 is 2.19 bits per heavy atom. The van der Waals surface area contributed by atoms with Crippen LogP contribution in [0.15, 0.2) is 12.7 Å². The molecule has 90 valence electrons. The van der Waals surface area contributed by atoms with Gasteiger partial charge in [0.2, 0.25) is 0 Å². The fraction of sp³-hybridized carbons (Fsp3) is 0.636. The van der Waals surface area contributed by atoms with E-state index in [1.807, 2.05) is 0 Å². The van der Waals surface area contributed by atoms with Crippen molar-refractivity contribution in [3.8, 4) is 0 Å². The zero-order chi connectivity index (χ0) is 12.0. The van der Waals surface area contributed by atoms with Crippen molar-refractivity contribution in [2.75, 3.05) is 6.54 Å². The van der Waals surface area contributed by atoms with Gasteiger partial charge in [0, 0.05) is 6.54 Å². The van der Waals surface area contributed by atoms with E-state index in [0.29, 0.717) is 12.5 Å². The van der Waals surface area contributed by atoms with Crippen molar-refractivity contribution < 1.29 is 14.7 Å². The number of carbonyl (C=O) groups excluding carboxylic acids is 1. The summed E-state index contributed by atoms with van der Waals surface area (Å²) in [6.07, 6.45) is 5.23. The maximum absolute atomic E-state index is 11.4. The average molecular weight is 226 g/mol. The Balaban J connectivity index is 2.23. The molecule has 0 spiro atoms. The van der Waals surface area contributed by atoms with E-state index in [4.69, 9.17) is 5.11 Å². The van der Waals surface area contributed by atoms with E-state index >= 15 is 0 Å². The molecule has 5 heteroatoms. The van der Waals surface area contributed by atoms with Crippen LogP contribution in [0.1, 0.15) is 25.7 Å². The van der Waals surface area contributed by atoms with E-state index in [0.717, 1.165) is 12.8 Å². The number of aliphatic carboxylic acids is 1. The standard InChI is InChI=1S/C11H18N2O3/c1-2-4-9(10(14)15)13-11(16)12-7-8-5-3-6-8/h2,8-9H,1,3-7H2,(H,14,15)(H2,12,13,16). The van der Waals surface area contributed by atoms with E-state index in [-0.39, 0.29) is 6.42 Å². The SMILES string of the molecule is C=CCC(NC(=O)NCC1CCC1)C(=O)O. The summed E-state index contributed by atoms with van der Waals surface area (Å²) in [6, 6.07) is -1.31. The van der Waals surface area contributed by atoms with Gasteiger partial charge in [-0.15, -0.1) is 6.58 Å². The van der Waals surface area contributed by atoms with Gasteiger partial charge in [0.1, 0.15) is 6.04 Å². The highest BCUT2D eigenvalue weighted by Crippen LogP contribution is 2.24. The maximum atomic E-state index is 11.4. The summed E-state index contributed by atoms with van der Waals surface area (Å²) in [5.74, 6) is -0.480. The second-order valence-electron chi connectivity index (χ2n) is 4.07. The molecular formula is C11H18N2O3. The molecule has 0 radical (unpaired) electrons. The fourth-order valence-corrected chi connectivity index (χ4v) is 1.53. The van der Waals surface area contributed by atoms with Gasteiger partial charge in [0.25, 0.3) is 0 Å². The Morgan fingerprint density at radius 1 is 1.50 bits per heavy atom. The molecular weight excluding hydrogens is 208 g/mol. The molecule has 0 aromatic carbocycles. The summed E-state index contributed by atoms with van der Waals surface area (Å²) in [5.41, 5.74) is 0. The number of hydrogen-bond donors (Lipinski definition) is 3. The lowest BCUT2D eigenvalue weighted by Gasteiger charge is -2.25. The third-order valence-corrected chi connectivity index (χ3v) is 2.78. The van der Waals surface area contributed by atoms with Crippen LogP contribution in [0.25, 0.3) is 0 Å². The molecule has 0 bridgehead atoms. The van der Waals surface area contributed by atoms with Crippen molar-refractivity contribution in [3.63, 3.8) is 0 Å². The molecule has 1 unspecified atom stereocenters. The molecule has 2 amide bonds. The van der Waals surface area contributed by atoms with Crippen molar-refractivity contribution in [3.05, 3.63) is 12.7 Å². The third-order valence-electron chi connectivity index (χ3n) is 2.78. The summed E-state index contributed by atoms with van der Waals surface area (Å²) < 4.78 is 0. The highest BCUT2D eigenvalue weighted by molar-refractivity contribution is 5.82. The van der Waals surface area contributed by atoms with Gasteiger partial charge in [0.05, 0.1) is 0 Å². The zero-order valence-electron chi connectivity index (χ0n) is 9.24. The quantitative estimate of drug-likeness (QED) is 0.594. The van der Waals surface area contributed by atoms with Gasteiger partial charge >= 0.3 is 12.0 Å². The number of hydrogen-bond acceptors (Lipinski definition) is 2. The number of carboxylic acids is 1. The van der Waals surface area contributed by atoms with E-state index in [2.05, 4.69) is 17.2 Å². The first-order valence-corrected chi connectivity index (χ1v) is 5.51. The minimum absolute atomic E-state index is 0.228. The molecule has 1 fully saturated rings. The minimum Gasteiger partial charge on any atom is -0.480 e. The molecule has 0 aliphatic heterocycles. The highest BCUT2D eigenvalue weighted by atomic mass is 16.4. The number of carboxylic acid groups (broad SMARTS) is 1. The molecule has 16 heavy (non-hydrogen) atoms. The van der Waals surface area contributed by atoms with Gasteiger partial charge in [-0.05, 0) is 25.2 Å². The Labute approximate surface area is 94.9 Å². The van der Waals surface area contributed by atoms with Gasteiger partial charge < -0.3 is 15.7 Å². The van der Waals surface area contributed by atoms with Crippen LogP contribution in [0.4, 0.5) is 4.79 Å². The number of nitrogens with one attached hydrogen (secondary N) is 2. The largest absolute Gasteiger partial charge is 0.480 e. The first-order chi connectivity index (χ1) is 7.63. The molecule has 0 aromatic rings. The number of rotatable bonds is 6. The van der Waals surface area contributed by atoms with Crippen molar-refractivity contribution in [1.29, 1.82) is 0 Å². The van der Waals surface area contributed by atoms with E-state index < -0.39 is 18.0 Å². The van der Waals surface area contributed by atoms with Gasteiger partial charge in [-0.3, -0.25) is 0 Å². The fourth-order valence-electron chi connectivity index (χ4n) is 1.53. The lowest BCUT2D eigenvalue weighted by Crippen LogP contribution is -2.47. The Kier molecular flexibility index (Phi) is 4.82. The van der Waals surface area contributed by atoms with Crippen molar-refractivity contribution in [1.82, 2.24) is 10.6 Å². The van der Waals surface area contributed by atoms with Gasteiger partial charge in [-0.2, -0.15) is 0 Å². The molecule has 0 aromatic heterocycles. The summed E-state index contributed by atoms with van der Waals surface area (Å²) in [4.78, 5) is 22.1. The molecule has 1 saturated carbocycles. The van der Waals surface area contributed by atoms with Crippen LogP contribution in [0, 0.1) is 5.92 Å². The molecule has 1 aliphatic rings.